The van der Waals surface area contributed by atoms with Crippen molar-refractivity contribution >= 4 is 0 Å². The molecule has 2 nitrogen and oxygen atoms in total. The summed E-state index contributed by atoms with van der Waals surface area (Å²) in [5, 5.41) is 0. The van der Waals surface area contributed by atoms with Crippen LogP contribution in [0.25, 0.3) is 0 Å². The molecule has 0 aliphatic heterocycles. The second-order valence-electron chi connectivity index (χ2n) is 6.19. The molecule has 0 aromatic heterocycles. The Hall–Kier alpha value is -1.02. The van der Waals surface area contributed by atoms with Crippen molar-refractivity contribution in [3.63, 3.8) is 0 Å². The maximum Gasteiger partial charge on any atom is 0.124 e. The van der Waals surface area contributed by atoms with Crippen LogP contribution in [0.2, 0.25) is 0 Å². The molecule has 0 amide bonds. The van der Waals surface area contributed by atoms with Crippen LogP contribution in [0.3, 0.4) is 0 Å². The summed E-state index contributed by atoms with van der Waals surface area (Å²) >= 11 is 0. The number of benzene rings is 1. The lowest BCUT2D eigenvalue weighted by Crippen LogP contribution is -2.42. The third-order valence-electron chi connectivity index (χ3n) is 4.49. The number of hydrogen-bond acceptors (Lipinski definition) is 2. The Morgan fingerprint density at radius 2 is 2.11 bits per heavy atom. The smallest absolute Gasteiger partial charge is 0.124 e. The van der Waals surface area contributed by atoms with Gasteiger partial charge in [0.05, 0.1) is 6.61 Å². The van der Waals surface area contributed by atoms with Crippen molar-refractivity contribution < 1.29 is 4.74 Å². The topological polar surface area (TPSA) is 35.2 Å². The molecule has 0 saturated heterocycles. The predicted molar refractivity (Wildman–Crippen MR) is 80.3 cm³/mol. The van der Waals surface area contributed by atoms with E-state index >= 15 is 0 Å². The van der Waals surface area contributed by atoms with Crippen LogP contribution in [-0.4, -0.2) is 6.61 Å². The van der Waals surface area contributed by atoms with Gasteiger partial charge in [-0.2, -0.15) is 0 Å². The quantitative estimate of drug-likeness (QED) is 0.886. The van der Waals surface area contributed by atoms with Gasteiger partial charge in [0.2, 0.25) is 0 Å². The van der Waals surface area contributed by atoms with Gasteiger partial charge in [-0.05, 0) is 37.7 Å². The van der Waals surface area contributed by atoms with Crippen LogP contribution in [0.5, 0.6) is 5.75 Å². The van der Waals surface area contributed by atoms with E-state index in [0.717, 1.165) is 24.5 Å². The Kier molecular flexibility index (Phi) is 4.51. The molecular weight excluding hydrogens is 234 g/mol. The molecule has 1 aliphatic carbocycles. The zero-order chi connectivity index (χ0) is 13.9. The van der Waals surface area contributed by atoms with Gasteiger partial charge in [-0.15, -0.1) is 0 Å². The number of ether oxygens (including phenoxy) is 1. The molecule has 2 unspecified atom stereocenters. The third-order valence-corrected chi connectivity index (χ3v) is 4.49. The van der Waals surface area contributed by atoms with Gasteiger partial charge in [0, 0.05) is 11.1 Å². The molecule has 1 aliphatic rings. The summed E-state index contributed by atoms with van der Waals surface area (Å²) < 4.78 is 5.77. The van der Waals surface area contributed by atoms with Crippen LogP contribution in [0, 0.1) is 11.8 Å². The van der Waals surface area contributed by atoms with E-state index < -0.39 is 0 Å². The van der Waals surface area contributed by atoms with Crippen molar-refractivity contribution in [2.45, 2.75) is 52.0 Å². The van der Waals surface area contributed by atoms with E-state index in [4.69, 9.17) is 10.5 Å². The van der Waals surface area contributed by atoms with E-state index in [1.54, 1.807) is 0 Å². The number of nitrogens with two attached hydrogens (primary N) is 1. The molecule has 1 fully saturated rings. The highest BCUT2D eigenvalue weighted by Gasteiger charge is 2.37. The largest absolute Gasteiger partial charge is 0.494 e. The monoisotopic (exact) mass is 261 g/mol. The highest BCUT2D eigenvalue weighted by Crippen LogP contribution is 2.43. The lowest BCUT2D eigenvalue weighted by molar-refractivity contribution is 0.179. The van der Waals surface area contributed by atoms with Crippen LogP contribution in [0.1, 0.15) is 52.0 Å². The first-order valence-electron chi connectivity index (χ1n) is 7.58. The normalized spacial score (nSPS) is 27.5. The Labute approximate surface area is 117 Å². The fraction of sp³-hybridized carbons (Fsp3) is 0.647. The van der Waals surface area contributed by atoms with Crippen molar-refractivity contribution in [3.8, 4) is 5.75 Å². The number of para-hydroxylation sites is 1. The van der Waals surface area contributed by atoms with Crippen molar-refractivity contribution in [2.75, 3.05) is 6.61 Å². The molecule has 0 bridgehead atoms. The lowest BCUT2D eigenvalue weighted by atomic mass is 9.69. The van der Waals surface area contributed by atoms with Crippen molar-refractivity contribution in [1.29, 1.82) is 0 Å². The minimum Gasteiger partial charge on any atom is -0.494 e. The second-order valence-corrected chi connectivity index (χ2v) is 6.19. The minimum absolute atomic E-state index is 0.209. The lowest BCUT2D eigenvalue weighted by Gasteiger charge is -2.40. The maximum atomic E-state index is 6.76. The van der Waals surface area contributed by atoms with Gasteiger partial charge in [0.15, 0.2) is 0 Å². The molecule has 0 radical (unpaired) electrons. The number of rotatable bonds is 4. The molecule has 2 atom stereocenters. The molecule has 1 saturated carbocycles. The van der Waals surface area contributed by atoms with E-state index in [9.17, 15) is 0 Å². The van der Waals surface area contributed by atoms with E-state index in [2.05, 4.69) is 26.0 Å². The fourth-order valence-corrected chi connectivity index (χ4v) is 3.32. The molecular formula is C17H27NO. The summed E-state index contributed by atoms with van der Waals surface area (Å²) in [6, 6.07) is 8.30. The van der Waals surface area contributed by atoms with Crippen LogP contribution in [0.15, 0.2) is 24.3 Å². The summed E-state index contributed by atoms with van der Waals surface area (Å²) in [5.41, 5.74) is 7.75. The van der Waals surface area contributed by atoms with Crippen LogP contribution >= 0.6 is 0 Å². The number of hydrogen-bond donors (Lipinski definition) is 1. The summed E-state index contributed by atoms with van der Waals surface area (Å²) in [4.78, 5) is 0. The molecule has 1 aromatic carbocycles. The Morgan fingerprint density at radius 1 is 1.37 bits per heavy atom. The average molecular weight is 261 g/mol. The average Bonchev–Trinajstić information content (AvgIpc) is 2.39. The molecule has 2 heteroatoms. The van der Waals surface area contributed by atoms with Crippen molar-refractivity contribution in [1.82, 2.24) is 0 Å². The van der Waals surface area contributed by atoms with Crippen molar-refractivity contribution in [2.24, 2.45) is 17.6 Å². The highest BCUT2D eigenvalue weighted by atomic mass is 16.5. The van der Waals surface area contributed by atoms with Gasteiger partial charge in [0.25, 0.3) is 0 Å². The summed E-state index contributed by atoms with van der Waals surface area (Å²) in [6.07, 6.45) is 4.68. The molecule has 2 rings (SSSR count). The summed E-state index contributed by atoms with van der Waals surface area (Å²) in [7, 11) is 0. The Balaban J connectivity index is 2.28. The van der Waals surface area contributed by atoms with Gasteiger partial charge in [-0.3, -0.25) is 0 Å². The van der Waals surface area contributed by atoms with E-state index in [1.807, 2.05) is 19.1 Å². The van der Waals surface area contributed by atoms with E-state index in [-0.39, 0.29) is 5.54 Å². The maximum absolute atomic E-state index is 6.76. The zero-order valence-electron chi connectivity index (χ0n) is 12.5. The second kappa shape index (κ2) is 5.96. The first-order valence-corrected chi connectivity index (χ1v) is 7.58. The van der Waals surface area contributed by atoms with Crippen LogP contribution < -0.4 is 10.5 Å². The van der Waals surface area contributed by atoms with E-state index in [0.29, 0.717) is 12.5 Å². The predicted octanol–water partition coefficient (Wildman–Crippen LogP) is 4.09. The van der Waals surface area contributed by atoms with Gasteiger partial charge in [0.1, 0.15) is 5.75 Å². The van der Waals surface area contributed by atoms with E-state index in [1.165, 1.54) is 18.4 Å². The molecule has 0 heterocycles. The molecule has 19 heavy (non-hydrogen) atoms. The van der Waals surface area contributed by atoms with Gasteiger partial charge >= 0.3 is 0 Å². The first kappa shape index (κ1) is 14.4. The highest BCUT2D eigenvalue weighted by molar-refractivity contribution is 5.39. The summed E-state index contributed by atoms with van der Waals surface area (Å²) in [6.45, 7) is 7.34. The third kappa shape index (κ3) is 3.11. The Morgan fingerprint density at radius 3 is 2.79 bits per heavy atom. The molecule has 106 valence electrons. The Bertz CT molecular complexity index is 415. The van der Waals surface area contributed by atoms with Crippen LogP contribution in [-0.2, 0) is 5.54 Å². The van der Waals surface area contributed by atoms with Gasteiger partial charge < -0.3 is 10.5 Å². The summed E-state index contributed by atoms with van der Waals surface area (Å²) in [5.74, 6) is 2.41. The standard InChI is InChI=1S/C17H27NO/c1-4-19-16-10-6-5-9-15(16)17(18)11-7-8-14(12-17)13(2)3/h5-6,9-10,13-14H,4,7-8,11-12,18H2,1-3H3. The van der Waals surface area contributed by atoms with Crippen LogP contribution in [0.4, 0.5) is 0 Å². The van der Waals surface area contributed by atoms with Gasteiger partial charge in [-0.25, -0.2) is 0 Å². The first-order chi connectivity index (χ1) is 9.07. The van der Waals surface area contributed by atoms with Crippen molar-refractivity contribution in [3.05, 3.63) is 29.8 Å². The minimum atomic E-state index is -0.209. The van der Waals surface area contributed by atoms with Gasteiger partial charge in [-0.1, -0.05) is 44.9 Å². The fourth-order valence-electron chi connectivity index (χ4n) is 3.32. The molecule has 2 N–H and O–H groups in total. The molecule has 0 spiro atoms. The SMILES string of the molecule is CCOc1ccccc1C1(N)CCCC(C(C)C)C1. The molecule has 1 aromatic rings. The zero-order valence-corrected chi connectivity index (χ0v) is 12.5.